The molecule has 0 saturated carbocycles. The zero-order chi connectivity index (χ0) is 24.4. The average molecular weight is 453 g/mol. The number of aryl methyl sites for hydroxylation is 4. The summed E-state index contributed by atoms with van der Waals surface area (Å²) in [6.45, 7) is 12.6. The van der Waals surface area contributed by atoms with Crippen LogP contribution >= 0.6 is 0 Å². The molecule has 184 valence electrons. The van der Waals surface area contributed by atoms with Crippen LogP contribution in [0.15, 0.2) is 24.3 Å². The molecule has 0 fully saturated rings. The zero-order valence-corrected chi connectivity index (χ0v) is 22.1. The van der Waals surface area contributed by atoms with Gasteiger partial charge in [-0.05, 0) is 84.7 Å². The fourth-order valence-electron chi connectivity index (χ4n) is 4.83. The molecule has 0 saturated heterocycles. The SMILES string of the molecule is Cc1cc(CCCCCCCCCCCc2cc(C)c(O)c(C(C)C)c2)cc(C(C)C)c1O. The molecule has 0 bridgehead atoms. The summed E-state index contributed by atoms with van der Waals surface area (Å²) in [5.74, 6) is 1.69. The van der Waals surface area contributed by atoms with Gasteiger partial charge in [-0.1, -0.05) is 96.9 Å². The minimum Gasteiger partial charge on any atom is -0.507 e. The Kier molecular flexibility index (Phi) is 11.3. The second kappa shape index (κ2) is 13.7. The Morgan fingerprint density at radius 1 is 0.515 bits per heavy atom. The number of aromatic hydroxyl groups is 2. The Bertz CT molecular complexity index is 792. The molecule has 2 rings (SSSR count). The molecule has 0 unspecified atom stereocenters. The summed E-state index contributed by atoms with van der Waals surface area (Å²) < 4.78 is 0. The van der Waals surface area contributed by atoms with Crippen LogP contribution in [0.3, 0.4) is 0 Å². The summed E-state index contributed by atoms with van der Waals surface area (Å²) in [7, 11) is 0. The highest BCUT2D eigenvalue weighted by Gasteiger charge is 2.11. The molecule has 2 N–H and O–H groups in total. The van der Waals surface area contributed by atoms with Crippen LogP contribution in [0.25, 0.3) is 0 Å². The maximum absolute atomic E-state index is 10.2. The highest BCUT2D eigenvalue weighted by molar-refractivity contribution is 5.45. The molecule has 2 aromatic carbocycles. The normalized spacial score (nSPS) is 11.6. The standard InChI is InChI=1S/C31H48O2/c1-22(2)28-20-26(18-24(5)30(28)32)16-14-12-10-8-7-9-11-13-15-17-27-19-25(6)31(33)29(21-27)23(3)4/h18-23,32-33H,7-17H2,1-6H3. The van der Waals surface area contributed by atoms with Crippen LogP contribution in [0.4, 0.5) is 0 Å². The number of benzene rings is 2. The molecule has 0 heterocycles. The van der Waals surface area contributed by atoms with Crippen LogP contribution in [0.2, 0.25) is 0 Å². The summed E-state index contributed by atoms with van der Waals surface area (Å²) in [5, 5.41) is 20.5. The lowest BCUT2D eigenvalue weighted by atomic mass is 9.94. The molecular formula is C31H48O2. The van der Waals surface area contributed by atoms with Gasteiger partial charge >= 0.3 is 0 Å². The van der Waals surface area contributed by atoms with Gasteiger partial charge < -0.3 is 10.2 Å². The molecule has 0 atom stereocenters. The van der Waals surface area contributed by atoms with Crippen molar-refractivity contribution in [3.05, 3.63) is 57.6 Å². The third kappa shape index (κ3) is 8.72. The number of rotatable bonds is 14. The van der Waals surface area contributed by atoms with Gasteiger partial charge in [-0.25, -0.2) is 0 Å². The van der Waals surface area contributed by atoms with Gasteiger partial charge in [0.1, 0.15) is 11.5 Å². The summed E-state index contributed by atoms with van der Waals surface area (Å²) in [5.41, 5.74) is 6.95. The Balaban J connectivity index is 1.55. The first-order valence-electron chi connectivity index (χ1n) is 13.4. The fraction of sp³-hybridized carbons (Fsp3) is 0.613. The lowest BCUT2D eigenvalue weighted by Gasteiger charge is -2.13. The number of hydrogen-bond acceptors (Lipinski definition) is 2. The van der Waals surface area contributed by atoms with Crippen LogP contribution in [-0.4, -0.2) is 10.2 Å². The molecule has 0 aromatic heterocycles. The monoisotopic (exact) mass is 452 g/mol. The predicted molar refractivity (Wildman–Crippen MR) is 143 cm³/mol. The molecule has 0 aliphatic carbocycles. The molecule has 0 aliphatic rings. The van der Waals surface area contributed by atoms with Gasteiger partial charge in [0.2, 0.25) is 0 Å². The van der Waals surface area contributed by atoms with Crippen molar-refractivity contribution in [1.82, 2.24) is 0 Å². The van der Waals surface area contributed by atoms with Crippen molar-refractivity contribution >= 4 is 0 Å². The average Bonchev–Trinajstić information content (AvgIpc) is 2.76. The third-order valence-corrected chi connectivity index (χ3v) is 6.95. The third-order valence-electron chi connectivity index (χ3n) is 6.95. The van der Waals surface area contributed by atoms with E-state index in [4.69, 9.17) is 0 Å². The highest BCUT2D eigenvalue weighted by Crippen LogP contribution is 2.31. The molecule has 0 spiro atoms. The Morgan fingerprint density at radius 3 is 1.12 bits per heavy atom. The van der Waals surface area contributed by atoms with Crippen molar-refractivity contribution in [2.45, 2.75) is 124 Å². The fourth-order valence-corrected chi connectivity index (χ4v) is 4.83. The largest absolute Gasteiger partial charge is 0.507 e. The van der Waals surface area contributed by atoms with Crippen molar-refractivity contribution in [3.63, 3.8) is 0 Å². The van der Waals surface area contributed by atoms with Gasteiger partial charge in [0.25, 0.3) is 0 Å². The van der Waals surface area contributed by atoms with Gasteiger partial charge in [-0.15, -0.1) is 0 Å². The lowest BCUT2D eigenvalue weighted by molar-refractivity contribution is 0.459. The van der Waals surface area contributed by atoms with E-state index < -0.39 is 0 Å². The molecule has 0 aliphatic heterocycles. The molecule has 2 heteroatoms. The van der Waals surface area contributed by atoms with Crippen molar-refractivity contribution in [2.24, 2.45) is 0 Å². The first-order valence-corrected chi connectivity index (χ1v) is 13.4. The topological polar surface area (TPSA) is 40.5 Å². The number of hydrogen-bond donors (Lipinski definition) is 2. The maximum atomic E-state index is 10.2. The van der Waals surface area contributed by atoms with Crippen molar-refractivity contribution in [3.8, 4) is 11.5 Å². The highest BCUT2D eigenvalue weighted by atomic mass is 16.3. The molecular weight excluding hydrogens is 404 g/mol. The first-order chi connectivity index (χ1) is 15.7. The summed E-state index contributed by atoms with van der Waals surface area (Å²) >= 11 is 0. The van der Waals surface area contributed by atoms with Gasteiger partial charge in [-0.2, -0.15) is 0 Å². The molecule has 0 amide bonds. The van der Waals surface area contributed by atoms with Crippen LogP contribution in [0.1, 0.15) is 131 Å². The van der Waals surface area contributed by atoms with E-state index in [2.05, 4.69) is 52.0 Å². The predicted octanol–water partition coefficient (Wildman–Crippen LogP) is 9.26. The van der Waals surface area contributed by atoms with E-state index in [1.54, 1.807) is 0 Å². The van der Waals surface area contributed by atoms with Gasteiger partial charge in [-0.3, -0.25) is 0 Å². The van der Waals surface area contributed by atoms with E-state index in [9.17, 15) is 10.2 Å². The van der Waals surface area contributed by atoms with Crippen LogP contribution in [0, 0.1) is 13.8 Å². The van der Waals surface area contributed by atoms with E-state index in [0.29, 0.717) is 23.3 Å². The first kappa shape index (κ1) is 27.3. The number of unbranched alkanes of at least 4 members (excludes halogenated alkanes) is 8. The minimum atomic E-state index is 0.367. The summed E-state index contributed by atoms with van der Waals surface area (Å²) in [6, 6.07) is 8.72. The molecule has 2 aromatic rings. The quantitative estimate of drug-likeness (QED) is 0.280. The second-order valence-electron chi connectivity index (χ2n) is 10.7. The number of phenolic OH excluding ortho intramolecular Hbond substituents is 2. The zero-order valence-electron chi connectivity index (χ0n) is 22.1. The van der Waals surface area contributed by atoms with E-state index in [-0.39, 0.29) is 0 Å². The second-order valence-corrected chi connectivity index (χ2v) is 10.7. The minimum absolute atomic E-state index is 0.367. The van der Waals surface area contributed by atoms with Gasteiger partial charge in [0.15, 0.2) is 0 Å². The summed E-state index contributed by atoms with van der Waals surface area (Å²) in [4.78, 5) is 0. The van der Waals surface area contributed by atoms with Gasteiger partial charge in [0, 0.05) is 0 Å². The lowest BCUT2D eigenvalue weighted by Crippen LogP contribution is -1.95. The molecule has 0 radical (unpaired) electrons. The van der Waals surface area contributed by atoms with Crippen LogP contribution < -0.4 is 0 Å². The van der Waals surface area contributed by atoms with Gasteiger partial charge in [0.05, 0.1) is 0 Å². The van der Waals surface area contributed by atoms with Crippen molar-refractivity contribution in [1.29, 1.82) is 0 Å². The summed E-state index contributed by atoms with van der Waals surface area (Å²) in [6.07, 6.45) is 14.0. The van der Waals surface area contributed by atoms with Crippen LogP contribution in [0.5, 0.6) is 11.5 Å². The van der Waals surface area contributed by atoms with E-state index in [1.807, 2.05) is 13.8 Å². The molecule has 2 nitrogen and oxygen atoms in total. The van der Waals surface area contributed by atoms with E-state index in [0.717, 1.165) is 35.1 Å². The maximum Gasteiger partial charge on any atom is 0.121 e. The number of phenols is 2. The Hall–Kier alpha value is -1.96. The van der Waals surface area contributed by atoms with E-state index >= 15 is 0 Å². The Labute approximate surface area is 203 Å². The molecule has 33 heavy (non-hydrogen) atoms. The Morgan fingerprint density at radius 2 is 0.818 bits per heavy atom. The van der Waals surface area contributed by atoms with Crippen molar-refractivity contribution < 1.29 is 10.2 Å². The smallest absolute Gasteiger partial charge is 0.121 e. The van der Waals surface area contributed by atoms with Crippen LogP contribution in [-0.2, 0) is 12.8 Å². The van der Waals surface area contributed by atoms with E-state index in [1.165, 1.54) is 68.9 Å². The van der Waals surface area contributed by atoms with Crippen molar-refractivity contribution in [2.75, 3.05) is 0 Å².